The van der Waals surface area contributed by atoms with E-state index in [1.54, 1.807) is 0 Å². The van der Waals surface area contributed by atoms with Crippen LogP contribution >= 0.6 is 11.6 Å². The van der Waals surface area contributed by atoms with Crippen molar-refractivity contribution in [3.8, 4) is 0 Å². The molecule has 2 heterocycles. The molecule has 0 N–H and O–H groups in total. The van der Waals surface area contributed by atoms with Crippen LogP contribution in [0, 0.1) is 6.92 Å². The minimum Gasteiger partial charge on any atom is -0.312 e. The van der Waals surface area contributed by atoms with E-state index < -0.39 is 0 Å². The maximum atomic E-state index is 5.97. The van der Waals surface area contributed by atoms with Gasteiger partial charge in [-0.25, -0.2) is 9.67 Å². The molecule has 2 rings (SSSR count). The molecule has 0 saturated carbocycles. The summed E-state index contributed by atoms with van der Waals surface area (Å²) in [4.78, 5) is 4.60. The maximum Gasteiger partial charge on any atom is 0.158 e. The fourth-order valence-corrected chi connectivity index (χ4v) is 2.35. The summed E-state index contributed by atoms with van der Waals surface area (Å²) in [6.07, 6.45) is 2.31. The van der Waals surface area contributed by atoms with E-state index in [4.69, 9.17) is 11.6 Å². The average Bonchev–Trinajstić information content (AvgIpc) is 2.85. The number of alkyl halides is 1. The van der Waals surface area contributed by atoms with Crippen LogP contribution in [0.2, 0.25) is 0 Å². The second kappa shape index (κ2) is 5.08. The van der Waals surface area contributed by atoms with Gasteiger partial charge in [-0.2, -0.15) is 5.10 Å². The fourth-order valence-electron chi connectivity index (χ4n) is 2.14. The van der Waals surface area contributed by atoms with E-state index in [1.165, 1.54) is 6.42 Å². The van der Waals surface area contributed by atoms with Gasteiger partial charge in [-0.3, -0.25) is 0 Å². The third-order valence-electron chi connectivity index (χ3n) is 3.03. The smallest absolute Gasteiger partial charge is 0.158 e. The minimum atomic E-state index is 0.460. The highest BCUT2D eigenvalue weighted by Gasteiger charge is 2.16. The summed E-state index contributed by atoms with van der Waals surface area (Å²) in [5.41, 5.74) is 3.11. The van der Waals surface area contributed by atoms with Crippen molar-refractivity contribution < 1.29 is 0 Å². The van der Waals surface area contributed by atoms with E-state index in [9.17, 15) is 0 Å². The van der Waals surface area contributed by atoms with Crippen molar-refractivity contribution in [1.82, 2.24) is 19.3 Å². The molecule has 5 heteroatoms. The molecule has 0 atom stereocenters. The predicted molar refractivity (Wildman–Crippen MR) is 70.4 cm³/mol. The lowest BCUT2D eigenvalue weighted by molar-refractivity contribution is 0.589. The number of nitrogens with zero attached hydrogens (tertiary/aromatic N) is 4. The van der Waals surface area contributed by atoms with Gasteiger partial charge in [0.15, 0.2) is 5.65 Å². The summed E-state index contributed by atoms with van der Waals surface area (Å²) in [7, 11) is 0. The minimum absolute atomic E-state index is 0.460. The number of hydrogen-bond donors (Lipinski definition) is 0. The van der Waals surface area contributed by atoms with Crippen LogP contribution in [-0.2, 0) is 19.0 Å². The van der Waals surface area contributed by atoms with Crippen LogP contribution in [0.25, 0.3) is 11.2 Å². The van der Waals surface area contributed by atoms with Crippen LogP contribution in [0.15, 0.2) is 0 Å². The molecule has 0 saturated heterocycles. The second-order valence-corrected chi connectivity index (χ2v) is 4.51. The standard InChI is InChI=1S/C12H19ClN4/c1-4-6-7-16-10(8-13)14-11-9(3)15-17(5-2)12(11)16/h4-8H2,1-3H3. The average molecular weight is 255 g/mol. The molecule has 0 unspecified atom stereocenters. The lowest BCUT2D eigenvalue weighted by atomic mass is 10.3. The molecular formula is C12H19ClN4. The molecule has 0 aliphatic carbocycles. The molecule has 0 fully saturated rings. The van der Waals surface area contributed by atoms with Crippen LogP contribution < -0.4 is 0 Å². The lowest BCUT2D eigenvalue weighted by Crippen LogP contribution is -2.08. The SMILES string of the molecule is CCCCn1c(CCl)nc2c(C)nn(CC)c21. The van der Waals surface area contributed by atoms with Crippen molar-refractivity contribution in [2.24, 2.45) is 0 Å². The molecule has 2 aromatic heterocycles. The fraction of sp³-hybridized carbons (Fsp3) is 0.667. The molecule has 17 heavy (non-hydrogen) atoms. The Morgan fingerprint density at radius 1 is 1.29 bits per heavy atom. The van der Waals surface area contributed by atoms with Crippen molar-refractivity contribution in [2.75, 3.05) is 0 Å². The number of imidazole rings is 1. The van der Waals surface area contributed by atoms with E-state index in [0.717, 1.165) is 42.2 Å². The molecule has 4 nitrogen and oxygen atoms in total. The summed E-state index contributed by atoms with van der Waals surface area (Å²) in [5, 5.41) is 4.50. The van der Waals surface area contributed by atoms with E-state index in [-0.39, 0.29) is 0 Å². The molecule has 2 aromatic rings. The summed E-state index contributed by atoms with van der Waals surface area (Å²) < 4.78 is 4.23. The Morgan fingerprint density at radius 2 is 2.06 bits per heavy atom. The van der Waals surface area contributed by atoms with Gasteiger partial charge < -0.3 is 4.57 Å². The van der Waals surface area contributed by atoms with E-state index in [2.05, 4.69) is 28.5 Å². The first-order valence-corrected chi connectivity index (χ1v) is 6.74. The highest BCUT2D eigenvalue weighted by atomic mass is 35.5. The summed E-state index contributed by atoms with van der Waals surface area (Å²) in [6, 6.07) is 0. The first kappa shape index (κ1) is 12.4. The highest BCUT2D eigenvalue weighted by Crippen LogP contribution is 2.21. The molecule has 0 spiro atoms. The molecule has 0 aromatic carbocycles. The Labute approximate surface area is 107 Å². The Bertz CT molecular complexity index is 512. The monoisotopic (exact) mass is 254 g/mol. The van der Waals surface area contributed by atoms with Gasteiger partial charge >= 0.3 is 0 Å². The van der Waals surface area contributed by atoms with Gasteiger partial charge in [-0.15, -0.1) is 11.6 Å². The second-order valence-electron chi connectivity index (χ2n) is 4.24. The van der Waals surface area contributed by atoms with Crippen molar-refractivity contribution in [2.45, 2.75) is 52.6 Å². The van der Waals surface area contributed by atoms with Gasteiger partial charge in [0, 0.05) is 13.1 Å². The molecule has 0 bridgehead atoms. The quantitative estimate of drug-likeness (QED) is 0.769. The van der Waals surface area contributed by atoms with Gasteiger partial charge in [-0.05, 0) is 20.3 Å². The van der Waals surface area contributed by atoms with Crippen LogP contribution in [0.5, 0.6) is 0 Å². The topological polar surface area (TPSA) is 35.6 Å². The van der Waals surface area contributed by atoms with Gasteiger partial charge in [0.05, 0.1) is 11.6 Å². The summed E-state index contributed by atoms with van der Waals surface area (Å²) in [6.45, 7) is 8.13. The van der Waals surface area contributed by atoms with Crippen molar-refractivity contribution in [1.29, 1.82) is 0 Å². The zero-order valence-electron chi connectivity index (χ0n) is 10.7. The summed E-state index contributed by atoms with van der Waals surface area (Å²) >= 11 is 5.97. The van der Waals surface area contributed by atoms with Crippen molar-refractivity contribution >= 4 is 22.8 Å². The Hall–Kier alpha value is -1.03. The van der Waals surface area contributed by atoms with E-state index >= 15 is 0 Å². The number of rotatable bonds is 5. The van der Waals surface area contributed by atoms with Crippen LogP contribution in [-0.4, -0.2) is 19.3 Å². The molecule has 94 valence electrons. The van der Waals surface area contributed by atoms with Gasteiger partial charge in [-0.1, -0.05) is 13.3 Å². The first-order chi connectivity index (χ1) is 8.22. The molecule has 0 aliphatic rings. The Balaban J connectivity index is 2.58. The van der Waals surface area contributed by atoms with Crippen molar-refractivity contribution in [3.63, 3.8) is 0 Å². The Kier molecular flexibility index (Phi) is 3.72. The molecule has 0 radical (unpaired) electrons. The highest BCUT2D eigenvalue weighted by molar-refractivity contribution is 6.16. The lowest BCUT2D eigenvalue weighted by Gasteiger charge is -2.08. The number of aryl methyl sites for hydroxylation is 3. The first-order valence-electron chi connectivity index (χ1n) is 6.21. The predicted octanol–water partition coefficient (Wildman–Crippen LogP) is 3.10. The summed E-state index contributed by atoms with van der Waals surface area (Å²) in [5.74, 6) is 1.42. The number of aromatic nitrogens is 4. The van der Waals surface area contributed by atoms with Crippen LogP contribution in [0.4, 0.5) is 0 Å². The van der Waals surface area contributed by atoms with Crippen LogP contribution in [0.3, 0.4) is 0 Å². The zero-order chi connectivity index (χ0) is 12.4. The zero-order valence-corrected chi connectivity index (χ0v) is 11.5. The number of halogens is 1. The molecule has 0 amide bonds. The number of hydrogen-bond acceptors (Lipinski definition) is 2. The largest absolute Gasteiger partial charge is 0.312 e. The van der Waals surface area contributed by atoms with E-state index in [0.29, 0.717) is 5.88 Å². The van der Waals surface area contributed by atoms with Crippen LogP contribution in [0.1, 0.15) is 38.2 Å². The van der Waals surface area contributed by atoms with Gasteiger partial charge in [0.2, 0.25) is 0 Å². The van der Waals surface area contributed by atoms with Gasteiger partial charge in [0.1, 0.15) is 11.3 Å². The normalized spacial score (nSPS) is 11.5. The number of fused-ring (bicyclic) bond motifs is 1. The molecule has 0 aliphatic heterocycles. The third kappa shape index (κ3) is 2.06. The van der Waals surface area contributed by atoms with Crippen molar-refractivity contribution in [3.05, 3.63) is 11.5 Å². The number of unbranched alkanes of at least 4 members (excludes halogenated alkanes) is 1. The van der Waals surface area contributed by atoms with Gasteiger partial charge in [0.25, 0.3) is 0 Å². The maximum absolute atomic E-state index is 5.97. The van der Waals surface area contributed by atoms with E-state index in [1.807, 2.05) is 11.6 Å². The molecular weight excluding hydrogens is 236 g/mol. The Morgan fingerprint density at radius 3 is 2.65 bits per heavy atom. The third-order valence-corrected chi connectivity index (χ3v) is 3.27.